The van der Waals surface area contributed by atoms with Gasteiger partial charge in [0, 0.05) is 11.9 Å². The lowest BCUT2D eigenvalue weighted by Crippen LogP contribution is -2.13. The highest BCUT2D eigenvalue weighted by Crippen LogP contribution is 2.11. The Hall–Kier alpha value is -2.30. The van der Waals surface area contributed by atoms with E-state index in [2.05, 4.69) is 10.3 Å². The molecule has 0 saturated heterocycles. The second-order valence-electron chi connectivity index (χ2n) is 3.32. The predicted octanol–water partition coefficient (Wildman–Crippen LogP) is 2.61. The summed E-state index contributed by atoms with van der Waals surface area (Å²) >= 11 is 0. The van der Waals surface area contributed by atoms with Crippen molar-refractivity contribution in [2.75, 3.05) is 5.32 Å². The number of anilines is 1. The molecule has 0 atom stereocenters. The van der Waals surface area contributed by atoms with Crippen molar-refractivity contribution in [3.63, 3.8) is 0 Å². The SMILES string of the molecule is O=C(Nc1ccc(F)cc1)c1ccncc1F. The van der Waals surface area contributed by atoms with Crippen molar-refractivity contribution in [3.05, 3.63) is 59.9 Å². The van der Waals surface area contributed by atoms with Gasteiger partial charge in [0.2, 0.25) is 0 Å². The van der Waals surface area contributed by atoms with Gasteiger partial charge in [-0.3, -0.25) is 9.78 Å². The summed E-state index contributed by atoms with van der Waals surface area (Å²) < 4.78 is 25.9. The highest BCUT2D eigenvalue weighted by Gasteiger charge is 2.11. The molecule has 0 bridgehead atoms. The Labute approximate surface area is 96.1 Å². The van der Waals surface area contributed by atoms with E-state index in [0.717, 1.165) is 6.20 Å². The van der Waals surface area contributed by atoms with Gasteiger partial charge in [0.05, 0.1) is 11.8 Å². The van der Waals surface area contributed by atoms with E-state index in [9.17, 15) is 13.6 Å². The number of nitrogens with one attached hydrogen (secondary N) is 1. The monoisotopic (exact) mass is 234 g/mol. The van der Waals surface area contributed by atoms with Crippen molar-refractivity contribution in [2.24, 2.45) is 0 Å². The molecule has 0 fully saturated rings. The molecule has 2 aromatic rings. The van der Waals surface area contributed by atoms with Crippen LogP contribution in [0.4, 0.5) is 14.5 Å². The van der Waals surface area contributed by atoms with Crippen LogP contribution in [-0.4, -0.2) is 10.9 Å². The average molecular weight is 234 g/mol. The molecular formula is C12H8F2N2O. The molecule has 1 heterocycles. The van der Waals surface area contributed by atoms with Crippen LogP contribution >= 0.6 is 0 Å². The van der Waals surface area contributed by atoms with Crippen LogP contribution in [0, 0.1) is 11.6 Å². The van der Waals surface area contributed by atoms with Crippen molar-refractivity contribution in [2.45, 2.75) is 0 Å². The predicted molar refractivity (Wildman–Crippen MR) is 58.5 cm³/mol. The van der Waals surface area contributed by atoms with Crippen molar-refractivity contribution in [3.8, 4) is 0 Å². The van der Waals surface area contributed by atoms with Gasteiger partial charge in [0.25, 0.3) is 5.91 Å². The Balaban J connectivity index is 2.17. The number of amides is 1. The first-order valence-electron chi connectivity index (χ1n) is 4.83. The lowest BCUT2D eigenvalue weighted by Gasteiger charge is -2.05. The number of nitrogens with zero attached hydrogens (tertiary/aromatic N) is 1. The molecule has 0 spiro atoms. The van der Waals surface area contributed by atoms with Crippen LogP contribution in [-0.2, 0) is 0 Å². The third kappa shape index (κ3) is 2.63. The zero-order valence-electron chi connectivity index (χ0n) is 8.65. The van der Waals surface area contributed by atoms with Gasteiger partial charge >= 0.3 is 0 Å². The molecule has 3 nitrogen and oxygen atoms in total. The van der Waals surface area contributed by atoms with E-state index >= 15 is 0 Å². The summed E-state index contributed by atoms with van der Waals surface area (Å²) in [5.41, 5.74) is 0.289. The van der Waals surface area contributed by atoms with Gasteiger partial charge in [0.15, 0.2) is 5.82 Å². The summed E-state index contributed by atoms with van der Waals surface area (Å²) in [6.07, 6.45) is 2.28. The number of carbonyl (C=O) groups is 1. The third-order valence-electron chi connectivity index (χ3n) is 2.12. The highest BCUT2D eigenvalue weighted by molar-refractivity contribution is 6.04. The highest BCUT2D eigenvalue weighted by atomic mass is 19.1. The van der Waals surface area contributed by atoms with Crippen LogP contribution in [0.3, 0.4) is 0 Å². The van der Waals surface area contributed by atoms with Crippen molar-refractivity contribution in [1.82, 2.24) is 4.98 Å². The summed E-state index contributed by atoms with van der Waals surface area (Å²) in [5.74, 6) is -1.71. The summed E-state index contributed by atoms with van der Waals surface area (Å²) in [6, 6.07) is 6.48. The van der Waals surface area contributed by atoms with Crippen LogP contribution in [0.5, 0.6) is 0 Å². The normalized spacial score (nSPS) is 10.0. The second-order valence-corrected chi connectivity index (χ2v) is 3.32. The molecule has 17 heavy (non-hydrogen) atoms. The van der Waals surface area contributed by atoms with E-state index < -0.39 is 17.5 Å². The number of carbonyl (C=O) groups excluding carboxylic acids is 1. The molecule has 5 heteroatoms. The zero-order chi connectivity index (χ0) is 12.3. The summed E-state index contributed by atoms with van der Waals surface area (Å²) in [5, 5.41) is 2.45. The van der Waals surface area contributed by atoms with Gasteiger partial charge < -0.3 is 5.32 Å². The quantitative estimate of drug-likeness (QED) is 0.867. The van der Waals surface area contributed by atoms with Crippen molar-refractivity contribution in [1.29, 1.82) is 0 Å². The molecule has 1 aromatic carbocycles. The number of halogens is 2. The van der Waals surface area contributed by atoms with Gasteiger partial charge in [-0.05, 0) is 30.3 Å². The minimum absolute atomic E-state index is 0.107. The fourth-order valence-corrected chi connectivity index (χ4v) is 1.29. The maximum Gasteiger partial charge on any atom is 0.258 e. The number of hydrogen-bond acceptors (Lipinski definition) is 2. The van der Waals surface area contributed by atoms with E-state index in [1.165, 1.54) is 36.5 Å². The largest absolute Gasteiger partial charge is 0.322 e. The number of benzene rings is 1. The van der Waals surface area contributed by atoms with E-state index in [0.29, 0.717) is 5.69 Å². The molecule has 0 radical (unpaired) electrons. The fourth-order valence-electron chi connectivity index (χ4n) is 1.29. The minimum atomic E-state index is -0.702. The van der Waals surface area contributed by atoms with E-state index in [1.54, 1.807) is 0 Å². The average Bonchev–Trinajstić information content (AvgIpc) is 2.32. The van der Waals surface area contributed by atoms with Gasteiger partial charge in [-0.1, -0.05) is 0 Å². The molecule has 0 saturated carbocycles. The first-order valence-corrected chi connectivity index (χ1v) is 4.83. The van der Waals surface area contributed by atoms with E-state index in [-0.39, 0.29) is 5.56 Å². The van der Waals surface area contributed by atoms with Crippen LogP contribution < -0.4 is 5.32 Å². The third-order valence-corrected chi connectivity index (χ3v) is 2.12. The lowest BCUT2D eigenvalue weighted by atomic mass is 10.2. The summed E-state index contributed by atoms with van der Waals surface area (Å²) in [4.78, 5) is 15.2. The van der Waals surface area contributed by atoms with Crippen LogP contribution in [0.15, 0.2) is 42.7 Å². The molecule has 1 N–H and O–H groups in total. The van der Waals surface area contributed by atoms with Gasteiger partial charge in [-0.25, -0.2) is 8.78 Å². The van der Waals surface area contributed by atoms with Crippen LogP contribution in [0.1, 0.15) is 10.4 Å². The Bertz CT molecular complexity index is 540. The first-order chi connectivity index (χ1) is 8.16. The Morgan fingerprint density at radius 1 is 1.12 bits per heavy atom. The van der Waals surface area contributed by atoms with Crippen LogP contribution in [0.25, 0.3) is 0 Å². The minimum Gasteiger partial charge on any atom is -0.322 e. The topological polar surface area (TPSA) is 42.0 Å². The maximum atomic E-state index is 13.2. The second kappa shape index (κ2) is 4.69. The summed E-state index contributed by atoms with van der Waals surface area (Å²) in [7, 11) is 0. The van der Waals surface area contributed by atoms with E-state index in [1.807, 2.05) is 0 Å². The number of aromatic nitrogens is 1. The van der Waals surface area contributed by atoms with Gasteiger partial charge in [0.1, 0.15) is 5.82 Å². The molecule has 0 unspecified atom stereocenters. The molecule has 1 amide bonds. The molecule has 0 aliphatic carbocycles. The number of pyridine rings is 1. The fraction of sp³-hybridized carbons (Fsp3) is 0. The maximum absolute atomic E-state index is 13.2. The molecule has 0 aliphatic heterocycles. The van der Waals surface area contributed by atoms with E-state index in [4.69, 9.17) is 0 Å². The molecular weight excluding hydrogens is 226 g/mol. The van der Waals surface area contributed by atoms with Gasteiger partial charge in [-0.15, -0.1) is 0 Å². The Morgan fingerprint density at radius 2 is 1.82 bits per heavy atom. The zero-order valence-corrected chi connectivity index (χ0v) is 8.65. The van der Waals surface area contributed by atoms with Crippen molar-refractivity contribution >= 4 is 11.6 Å². The van der Waals surface area contributed by atoms with Crippen molar-refractivity contribution < 1.29 is 13.6 Å². The smallest absolute Gasteiger partial charge is 0.258 e. The number of rotatable bonds is 2. The standard InChI is InChI=1S/C12H8F2N2O/c13-8-1-3-9(4-2-8)16-12(17)10-5-6-15-7-11(10)14/h1-7H,(H,16,17). The molecule has 86 valence electrons. The molecule has 2 rings (SSSR count). The summed E-state index contributed by atoms with van der Waals surface area (Å²) in [6.45, 7) is 0. The van der Waals surface area contributed by atoms with Crippen LogP contribution in [0.2, 0.25) is 0 Å². The first kappa shape index (κ1) is 11.2. The number of hydrogen-bond donors (Lipinski definition) is 1. The Kier molecular flexibility index (Phi) is 3.09. The Morgan fingerprint density at radius 3 is 2.47 bits per heavy atom. The van der Waals surface area contributed by atoms with Gasteiger partial charge in [-0.2, -0.15) is 0 Å². The molecule has 0 aliphatic rings. The molecule has 1 aromatic heterocycles. The lowest BCUT2D eigenvalue weighted by molar-refractivity contribution is 0.102.